The third kappa shape index (κ3) is 3.80. The highest BCUT2D eigenvalue weighted by molar-refractivity contribution is 5.92. The van der Waals surface area contributed by atoms with Crippen LogP contribution in [0.3, 0.4) is 0 Å². The predicted molar refractivity (Wildman–Crippen MR) is 123 cm³/mol. The van der Waals surface area contributed by atoms with Gasteiger partial charge < -0.3 is 15.4 Å². The molecule has 4 aromatic rings. The Morgan fingerprint density at radius 2 is 2.09 bits per heavy atom. The summed E-state index contributed by atoms with van der Waals surface area (Å²) in [5.74, 6) is -2.22. The molecule has 2 bridgehead atoms. The number of rotatable bonds is 5. The standard InChI is InChI=1S/C24H23F2N7O2/c25-13-8-14-16(10-28-21(14)27-9-13)22-31-20(17-4-5-29-33-17)18(26)23(32-22)30-19-12-3-1-2-11(6-12)7-15(19)24(34)35/h4-5,8-12,15,19H,1-3,6-7H2,(H,27,28)(H,29,33)(H,34,35)(H,30,31,32). The highest BCUT2D eigenvalue weighted by atomic mass is 19.1. The van der Waals surface area contributed by atoms with Crippen molar-refractivity contribution < 1.29 is 18.7 Å². The SMILES string of the molecule is O=C(O)C1CC2CCCC(C2)C1Nc1nc(-c2c[nH]c3ncc(F)cc23)nc(-c2cc[nH]n2)c1F. The van der Waals surface area contributed by atoms with Gasteiger partial charge >= 0.3 is 5.97 Å². The minimum absolute atomic E-state index is 0.0401. The van der Waals surface area contributed by atoms with Crippen molar-refractivity contribution in [2.75, 3.05) is 5.32 Å². The van der Waals surface area contributed by atoms with E-state index in [2.05, 4.69) is 35.5 Å². The number of anilines is 1. The Morgan fingerprint density at radius 3 is 2.89 bits per heavy atom. The summed E-state index contributed by atoms with van der Waals surface area (Å²) in [5.41, 5.74) is 1.12. The first-order chi connectivity index (χ1) is 17.0. The molecule has 6 rings (SSSR count). The summed E-state index contributed by atoms with van der Waals surface area (Å²) in [7, 11) is 0. The molecule has 2 fully saturated rings. The molecule has 180 valence electrons. The number of H-pyrrole nitrogens is 2. The number of carboxylic acids is 1. The number of hydrogen-bond acceptors (Lipinski definition) is 6. The van der Waals surface area contributed by atoms with E-state index in [1.165, 1.54) is 6.07 Å². The molecule has 4 aromatic heterocycles. The summed E-state index contributed by atoms with van der Waals surface area (Å²) < 4.78 is 29.7. The Hall–Kier alpha value is -3.89. The number of aromatic amines is 2. The summed E-state index contributed by atoms with van der Waals surface area (Å²) >= 11 is 0. The lowest BCUT2D eigenvalue weighted by Crippen LogP contribution is -2.47. The quantitative estimate of drug-likeness (QED) is 0.334. The van der Waals surface area contributed by atoms with Gasteiger partial charge in [-0.25, -0.2) is 23.7 Å². The number of carbonyl (C=O) groups is 1. The van der Waals surface area contributed by atoms with Gasteiger partial charge in [-0.3, -0.25) is 9.89 Å². The number of nitrogens with one attached hydrogen (secondary N) is 3. The lowest BCUT2D eigenvalue weighted by Gasteiger charge is -2.44. The van der Waals surface area contributed by atoms with Crippen molar-refractivity contribution in [1.29, 1.82) is 0 Å². The van der Waals surface area contributed by atoms with Crippen molar-refractivity contribution in [2.24, 2.45) is 17.8 Å². The topological polar surface area (TPSA) is 132 Å². The van der Waals surface area contributed by atoms with Gasteiger partial charge in [0.05, 0.1) is 12.1 Å². The van der Waals surface area contributed by atoms with Gasteiger partial charge in [-0.15, -0.1) is 0 Å². The number of nitrogens with zero attached hydrogens (tertiary/aromatic N) is 4. The number of carboxylic acid groups (broad SMARTS) is 1. The highest BCUT2D eigenvalue weighted by Gasteiger charge is 2.43. The molecular formula is C24H23F2N7O2. The van der Waals surface area contributed by atoms with Gasteiger partial charge in [-0.2, -0.15) is 5.10 Å². The van der Waals surface area contributed by atoms with Crippen LogP contribution in [-0.2, 0) is 4.79 Å². The van der Waals surface area contributed by atoms with Gasteiger partial charge in [0.2, 0.25) is 0 Å². The smallest absolute Gasteiger partial charge is 0.308 e. The van der Waals surface area contributed by atoms with Crippen LogP contribution < -0.4 is 5.32 Å². The zero-order valence-electron chi connectivity index (χ0n) is 18.6. The molecule has 0 amide bonds. The van der Waals surface area contributed by atoms with Gasteiger partial charge in [0.25, 0.3) is 0 Å². The Kier molecular flexibility index (Phi) is 5.19. The van der Waals surface area contributed by atoms with E-state index in [9.17, 15) is 14.3 Å². The van der Waals surface area contributed by atoms with Crippen LogP contribution >= 0.6 is 0 Å². The van der Waals surface area contributed by atoms with E-state index in [0.29, 0.717) is 28.9 Å². The van der Waals surface area contributed by atoms with Crippen LogP contribution in [0.25, 0.3) is 33.8 Å². The van der Waals surface area contributed by atoms with E-state index < -0.39 is 29.6 Å². The number of aliphatic carboxylic acids is 1. The van der Waals surface area contributed by atoms with Gasteiger partial charge in [-0.05, 0) is 43.2 Å². The van der Waals surface area contributed by atoms with Crippen molar-refractivity contribution in [2.45, 2.75) is 38.1 Å². The normalized spacial score (nSPS) is 23.9. The second-order valence-electron chi connectivity index (χ2n) is 9.41. The van der Waals surface area contributed by atoms with Crippen LogP contribution in [0.15, 0.2) is 30.7 Å². The van der Waals surface area contributed by atoms with Crippen LogP contribution in [0.2, 0.25) is 0 Å². The van der Waals surface area contributed by atoms with Crippen LogP contribution in [0.4, 0.5) is 14.6 Å². The van der Waals surface area contributed by atoms with Crippen LogP contribution in [0, 0.1) is 29.4 Å². The molecule has 4 unspecified atom stereocenters. The average Bonchev–Trinajstić information content (AvgIpc) is 3.52. The van der Waals surface area contributed by atoms with Crippen LogP contribution in [0.1, 0.15) is 32.1 Å². The van der Waals surface area contributed by atoms with E-state index >= 15 is 4.39 Å². The number of fused-ring (bicyclic) bond motifs is 3. The zero-order valence-corrected chi connectivity index (χ0v) is 18.6. The summed E-state index contributed by atoms with van der Waals surface area (Å²) in [4.78, 5) is 28.0. The van der Waals surface area contributed by atoms with Crippen molar-refractivity contribution in [3.05, 3.63) is 42.4 Å². The van der Waals surface area contributed by atoms with E-state index in [0.717, 1.165) is 31.9 Å². The lowest BCUT2D eigenvalue weighted by atomic mass is 9.65. The molecule has 2 saturated carbocycles. The summed E-state index contributed by atoms with van der Waals surface area (Å²) in [6.45, 7) is 0. The first-order valence-electron chi connectivity index (χ1n) is 11.7. The second kappa shape index (κ2) is 8.40. The first-order valence-corrected chi connectivity index (χ1v) is 11.7. The number of halogens is 2. The maximum Gasteiger partial charge on any atom is 0.308 e. The molecule has 9 nitrogen and oxygen atoms in total. The molecule has 0 radical (unpaired) electrons. The minimum atomic E-state index is -0.889. The maximum absolute atomic E-state index is 15.8. The van der Waals surface area contributed by atoms with Gasteiger partial charge in [0, 0.05) is 29.4 Å². The number of pyridine rings is 1. The fourth-order valence-corrected chi connectivity index (χ4v) is 5.73. The number of aromatic nitrogens is 6. The zero-order chi connectivity index (χ0) is 24.1. The Balaban J connectivity index is 1.47. The summed E-state index contributed by atoms with van der Waals surface area (Å²) in [5, 5.41) is 20.3. The molecular weight excluding hydrogens is 456 g/mol. The Labute approximate surface area is 198 Å². The van der Waals surface area contributed by atoms with Gasteiger partial charge in [0.15, 0.2) is 17.5 Å². The van der Waals surface area contributed by atoms with E-state index in [1.54, 1.807) is 18.5 Å². The maximum atomic E-state index is 15.8. The van der Waals surface area contributed by atoms with Crippen LogP contribution in [-0.4, -0.2) is 47.3 Å². The summed E-state index contributed by atoms with van der Waals surface area (Å²) in [6.07, 6.45) is 8.67. The molecule has 2 aliphatic carbocycles. The summed E-state index contributed by atoms with van der Waals surface area (Å²) in [6, 6.07) is 2.43. The molecule has 0 spiro atoms. The van der Waals surface area contributed by atoms with Crippen molar-refractivity contribution in [1.82, 2.24) is 30.1 Å². The van der Waals surface area contributed by atoms with E-state index in [1.807, 2.05) is 0 Å². The Morgan fingerprint density at radius 1 is 1.20 bits per heavy atom. The molecule has 35 heavy (non-hydrogen) atoms. The predicted octanol–water partition coefficient (Wildman–Crippen LogP) is 4.38. The molecule has 0 saturated heterocycles. The Bertz CT molecular complexity index is 1400. The average molecular weight is 479 g/mol. The molecule has 0 aromatic carbocycles. The van der Waals surface area contributed by atoms with E-state index in [4.69, 9.17) is 0 Å². The lowest BCUT2D eigenvalue weighted by molar-refractivity contribution is -0.145. The second-order valence-corrected chi connectivity index (χ2v) is 9.41. The first kappa shape index (κ1) is 21.6. The third-order valence-corrected chi connectivity index (χ3v) is 7.31. The molecule has 4 atom stereocenters. The molecule has 0 aliphatic heterocycles. The van der Waals surface area contributed by atoms with Gasteiger partial charge in [0.1, 0.15) is 22.9 Å². The fourth-order valence-electron chi connectivity index (χ4n) is 5.73. The van der Waals surface area contributed by atoms with Crippen molar-refractivity contribution in [3.8, 4) is 22.8 Å². The van der Waals surface area contributed by atoms with Crippen LogP contribution in [0.5, 0.6) is 0 Å². The molecule has 11 heteroatoms. The van der Waals surface area contributed by atoms with Gasteiger partial charge in [-0.1, -0.05) is 12.8 Å². The molecule has 2 aliphatic rings. The van der Waals surface area contributed by atoms with Crippen molar-refractivity contribution >= 4 is 22.8 Å². The largest absolute Gasteiger partial charge is 0.481 e. The monoisotopic (exact) mass is 479 g/mol. The minimum Gasteiger partial charge on any atom is -0.481 e. The number of hydrogen-bond donors (Lipinski definition) is 4. The van der Waals surface area contributed by atoms with E-state index in [-0.39, 0.29) is 28.9 Å². The molecule has 4 heterocycles. The van der Waals surface area contributed by atoms with Crippen molar-refractivity contribution in [3.63, 3.8) is 0 Å². The highest BCUT2D eigenvalue weighted by Crippen LogP contribution is 2.44. The fraction of sp³-hybridized carbons (Fsp3) is 0.375. The molecule has 4 N–H and O–H groups in total. The third-order valence-electron chi connectivity index (χ3n) is 7.31.